The van der Waals surface area contributed by atoms with Gasteiger partial charge in [-0.1, -0.05) is 51.1 Å². The monoisotopic (exact) mass is 274 g/mol. The minimum atomic E-state index is 0.467. The fourth-order valence-corrected chi connectivity index (χ4v) is 2.74. The van der Waals surface area contributed by atoms with Gasteiger partial charge in [-0.25, -0.2) is 0 Å². The van der Waals surface area contributed by atoms with Gasteiger partial charge in [-0.15, -0.1) is 0 Å². The standard InChI is InChI=1S/C18H30N2/c1-4-19-18(16-8-6-5-7-9-16)14-20(17-10-11-17)13-12-15(2)3/h5-9,15,17-19H,4,10-14H2,1-3H3. The van der Waals surface area contributed by atoms with E-state index in [0.29, 0.717) is 6.04 Å². The zero-order valence-corrected chi connectivity index (χ0v) is 13.3. The van der Waals surface area contributed by atoms with Gasteiger partial charge in [0.25, 0.3) is 0 Å². The normalized spacial score (nSPS) is 16.9. The van der Waals surface area contributed by atoms with Crippen molar-refractivity contribution in [1.82, 2.24) is 10.2 Å². The molecule has 0 bridgehead atoms. The van der Waals surface area contributed by atoms with Crippen LogP contribution < -0.4 is 5.32 Å². The molecule has 2 nitrogen and oxygen atoms in total. The van der Waals surface area contributed by atoms with Gasteiger partial charge in [0.1, 0.15) is 0 Å². The molecule has 0 heterocycles. The summed E-state index contributed by atoms with van der Waals surface area (Å²) >= 11 is 0. The summed E-state index contributed by atoms with van der Waals surface area (Å²) in [7, 11) is 0. The molecule has 1 aromatic rings. The van der Waals surface area contributed by atoms with E-state index in [9.17, 15) is 0 Å². The van der Waals surface area contributed by atoms with Crippen molar-refractivity contribution in [3.63, 3.8) is 0 Å². The first-order valence-electron chi connectivity index (χ1n) is 8.23. The van der Waals surface area contributed by atoms with Crippen molar-refractivity contribution in [2.45, 2.75) is 52.1 Å². The highest BCUT2D eigenvalue weighted by atomic mass is 15.2. The quantitative estimate of drug-likeness (QED) is 0.736. The lowest BCUT2D eigenvalue weighted by atomic mass is 10.1. The summed E-state index contributed by atoms with van der Waals surface area (Å²) in [6.45, 7) is 10.3. The highest BCUT2D eigenvalue weighted by molar-refractivity contribution is 5.19. The molecule has 1 atom stereocenters. The Bertz CT molecular complexity index is 370. The molecule has 0 spiro atoms. The van der Waals surface area contributed by atoms with Gasteiger partial charge in [-0.3, -0.25) is 4.90 Å². The molecule has 1 aliphatic carbocycles. The number of hydrogen-bond acceptors (Lipinski definition) is 2. The first kappa shape index (κ1) is 15.5. The summed E-state index contributed by atoms with van der Waals surface area (Å²) in [5.74, 6) is 0.797. The van der Waals surface area contributed by atoms with E-state index in [-0.39, 0.29) is 0 Å². The van der Waals surface area contributed by atoms with Crippen LogP contribution in [0.15, 0.2) is 30.3 Å². The van der Waals surface area contributed by atoms with Crippen LogP contribution in [0.5, 0.6) is 0 Å². The molecule has 0 radical (unpaired) electrons. The minimum absolute atomic E-state index is 0.467. The second-order valence-corrected chi connectivity index (χ2v) is 6.43. The van der Waals surface area contributed by atoms with Gasteiger partial charge in [0.05, 0.1) is 0 Å². The molecule has 0 aromatic heterocycles. The zero-order valence-electron chi connectivity index (χ0n) is 13.3. The zero-order chi connectivity index (χ0) is 14.4. The van der Waals surface area contributed by atoms with Crippen LogP contribution in [0, 0.1) is 5.92 Å². The predicted octanol–water partition coefficient (Wildman–Crippen LogP) is 3.85. The topological polar surface area (TPSA) is 15.3 Å². The molecule has 1 unspecified atom stereocenters. The molecule has 1 saturated carbocycles. The number of hydrogen-bond donors (Lipinski definition) is 1. The summed E-state index contributed by atoms with van der Waals surface area (Å²) in [6, 6.07) is 12.2. The van der Waals surface area contributed by atoms with Crippen molar-refractivity contribution in [2.75, 3.05) is 19.6 Å². The highest BCUT2D eigenvalue weighted by Crippen LogP contribution is 2.29. The van der Waals surface area contributed by atoms with E-state index in [1.54, 1.807) is 0 Å². The van der Waals surface area contributed by atoms with E-state index in [0.717, 1.165) is 25.0 Å². The van der Waals surface area contributed by atoms with E-state index in [1.165, 1.54) is 31.4 Å². The maximum atomic E-state index is 3.66. The molecule has 0 amide bonds. The van der Waals surface area contributed by atoms with Gasteiger partial charge in [-0.05, 0) is 43.8 Å². The average Bonchev–Trinajstić information content (AvgIpc) is 3.27. The molecular weight excluding hydrogens is 244 g/mol. The van der Waals surface area contributed by atoms with Gasteiger partial charge in [0.15, 0.2) is 0 Å². The molecule has 112 valence electrons. The van der Waals surface area contributed by atoms with E-state index in [4.69, 9.17) is 0 Å². The van der Waals surface area contributed by atoms with Crippen LogP contribution in [-0.4, -0.2) is 30.6 Å². The third kappa shape index (κ3) is 4.92. The summed E-state index contributed by atoms with van der Waals surface area (Å²) in [5.41, 5.74) is 1.42. The van der Waals surface area contributed by atoms with Crippen LogP contribution in [0.3, 0.4) is 0 Å². The molecule has 1 aliphatic rings. The molecule has 1 aromatic carbocycles. The second-order valence-electron chi connectivity index (χ2n) is 6.43. The largest absolute Gasteiger partial charge is 0.309 e. The fourth-order valence-electron chi connectivity index (χ4n) is 2.74. The Kier molecular flexibility index (Phi) is 6.06. The van der Waals surface area contributed by atoms with Gasteiger partial charge < -0.3 is 5.32 Å². The van der Waals surface area contributed by atoms with Crippen LogP contribution in [0.1, 0.15) is 51.6 Å². The summed E-state index contributed by atoms with van der Waals surface area (Å²) in [6.07, 6.45) is 4.10. The maximum absolute atomic E-state index is 3.66. The summed E-state index contributed by atoms with van der Waals surface area (Å²) in [4.78, 5) is 2.71. The van der Waals surface area contributed by atoms with Crippen LogP contribution >= 0.6 is 0 Å². The van der Waals surface area contributed by atoms with Gasteiger partial charge in [-0.2, -0.15) is 0 Å². The number of benzene rings is 1. The van der Waals surface area contributed by atoms with Crippen molar-refractivity contribution in [1.29, 1.82) is 0 Å². The van der Waals surface area contributed by atoms with E-state index in [2.05, 4.69) is 61.3 Å². The van der Waals surface area contributed by atoms with Crippen molar-refractivity contribution < 1.29 is 0 Å². The number of nitrogens with one attached hydrogen (secondary N) is 1. The van der Waals surface area contributed by atoms with Crippen LogP contribution in [0.2, 0.25) is 0 Å². The SMILES string of the molecule is CCNC(CN(CCC(C)C)C1CC1)c1ccccc1. The maximum Gasteiger partial charge on any atom is 0.0449 e. The Morgan fingerprint density at radius 2 is 1.90 bits per heavy atom. The van der Waals surface area contributed by atoms with Crippen LogP contribution in [-0.2, 0) is 0 Å². The first-order valence-corrected chi connectivity index (χ1v) is 8.23. The predicted molar refractivity (Wildman–Crippen MR) is 86.9 cm³/mol. The van der Waals surface area contributed by atoms with Crippen molar-refractivity contribution in [3.05, 3.63) is 35.9 Å². The molecular formula is C18H30N2. The third-order valence-corrected chi connectivity index (χ3v) is 4.13. The average molecular weight is 274 g/mol. The smallest absolute Gasteiger partial charge is 0.0449 e. The third-order valence-electron chi connectivity index (χ3n) is 4.13. The lowest BCUT2D eigenvalue weighted by Gasteiger charge is -2.29. The number of rotatable bonds is 9. The highest BCUT2D eigenvalue weighted by Gasteiger charge is 2.30. The van der Waals surface area contributed by atoms with E-state index >= 15 is 0 Å². The Hall–Kier alpha value is -0.860. The minimum Gasteiger partial charge on any atom is -0.309 e. The molecule has 2 rings (SSSR count). The Labute approximate surface area is 124 Å². The number of nitrogens with zero attached hydrogens (tertiary/aromatic N) is 1. The molecule has 1 N–H and O–H groups in total. The van der Waals surface area contributed by atoms with E-state index < -0.39 is 0 Å². The molecule has 1 fully saturated rings. The molecule has 2 heteroatoms. The molecule has 20 heavy (non-hydrogen) atoms. The van der Waals surface area contributed by atoms with E-state index in [1.807, 2.05) is 0 Å². The fraction of sp³-hybridized carbons (Fsp3) is 0.667. The van der Waals surface area contributed by atoms with Crippen molar-refractivity contribution in [2.24, 2.45) is 5.92 Å². The Balaban J connectivity index is 1.97. The van der Waals surface area contributed by atoms with Gasteiger partial charge in [0, 0.05) is 18.6 Å². The van der Waals surface area contributed by atoms with Crippen molar-refractivity contribution in [3.8, 4) is 0 Å². The molecule has 0 saturated heterocycles. The van der Waals surface area contributed by atoms with Gasteiger partial charge in [0.2, 0.25) is 0 Å². The summed E-state index contributed by atoms with van der Waals surface area (Å²) in [5, 5.41) is 3.66. The molecule has 0 aliphatic heterocycles. The lowest BCUT2D eigenvalue weighted by Crippen LogP contribution is -2.37. The number of likely N-dealkylation sites (N-methyl/N-ethyl adjacent to an activating group) is 1. The van der Waals surface area contributed by atoms with Crippen LogP contribution in [0.25, 0.3) is 0 Å². The second kappa shape index (κ2) is 7.80. The Morgan fingerprint density at radius 3 is 2.45 bits per heavy atom. The van der Waals surface area contributed by atoms with Crippen LogP contribution in [0.4, 0.5) is 0 Å². The Morgan fingerprint density at radius 1 is 1.20 bits per heavy atom. The first-order chi connectivity index (χ1) is 9.70. The van der Waals surface area contributed by atoms with Crippen molar-refractivity contribution >= 4 is 0 Å². The lowest BCUT2D eigenvalue weighted by molar-refractivity contribution is 0.221. The van der Waals surface area contributed by atoms with Gasteiger partial charge >= 0.3 is 0 Å². The summed E-state index contributed by atoms with van der Waals surface area (Å²) < 4.78 is 0.